The first-order valence-corrected chi connectivity index (χ1v) is 5.40. The van der Waals surface area contributed by atoms with Crippen molar-refractivity contribution in [2.75, 3.05) is 31.1 Å². The van der Waals surface area contributed by atoms with E-state index in [9.17, 15) is 8.78 Å². The molecular weight excluding hydrogens is 236 g/mol. The molecule has 0 unspecified atom stereocenters. The highest BCUT2D eigenvalue weighted by Crippen LogP contribution is 2.20. The number of hydrogen-bond donors (Lipinski definition) is 0. The molecule has 1 aromatic rings. The Morgan fingerprint density at radius 2 is 1.88 bits per heavy atom. The van der Waals surface area contributed by atoms with Gasteiger partial charge in [-0.25, -0.2) is 18.2 Å². The first-order valence-electron chi connectivity index (χ1n) is 5.06. The van der Waals surface area contributed by atoms with E-state index < -0.39 is 6.43 Å². The SMILES string of the molecule is FC(F)c1ccc(N2CCN(Cl)CC2)nc1. The molecule has 1 aromatic heterocycles. The number of piperazine rings is 1. The van der Waals surface area contributed by atoms with Crippen LogP contribution in [0.3, 0.4) is 0 Å². The lowest BCUT2D eigenvalue weighted by Gasteiger charge is -2.31. The zero-order valence-corrected chi connectivity index (χ0v) is 9.37. The van der Waals surface area contributed by atoms with Crippen molar-refractivity contribution in [3.8, 4) is 0 Å². The molecule has 88 valence electrons. The number of rotatable bonds is 2. The van der Waals surface area contributed by atoms with Crippen LogP contribution < -0.4 is 4.90 Å². The van der Waals surface area contributed by atoms with Gasteiger partial charge in [-0.05, 0) is 23.9 Å². The molecule has 0 atom stereocenters. The van der Waals surface area contributed by atoms with E-state index in [0.717, 1.165) is 32.0 Å². The number of nitrogens with zero attached hydrogens (tertiary/aromatic N) is 3. The molecule has 1 aliphatic rings. The molecule has 6 heteroatoms. The van der Waals surface area contributed by atoms with Gasteiger partial charge in [-0.1, -0.05) is 0 Å². The number of aromatic nitrogens is 1. The minimum absolute atomic E-state index is 0.0419. The molecule has 0 bridgehead atoms. The molecule has 2 heterocycles. The second-order valence-electron chi connectivity index (χ2n) is 3.65. The van der Waals surface area contributed by atoms with Gasteiger partial charge in [0.25, 0.3) is 6.43 Å². The summed E-state index contributed by atoms with van der Waals surface area (Å²) < 4.78 is 26.3. The topological polar surface area (TPSA) is 19.4 Å². The highest BCUT2D eigenvalue weighted by Gasteiger charge is 2.16. The standard InChI is InChI=1S/C10H12ClF2N3/c11-16-5-3-15(4-6-16)9-2-1-8(7-14-9)10(12)13/h1-2,7,10H,3-6H2. The fourth-order valence-electron chi connectivity index (χ4n) is 1.62. The summed E-state index contributed by atoms with van der Waals surface area (Å²) in [4.78, 5) is 6.07. The molecule has 0 aromatic carbocycles. The van der Waals surface area contributed by atoms with E-state index in [2.05, 4.69) is 4.98 Å². The van der Waals surface area contributed by atoms with Crippen LogP contribution in [0.5, 0.6) is 0 Å². The van der Waals surface area contributed by atoms with Crippen LogP contribution in [0, 0.1) is 0 Å². The van der Waals surface area contributed by atoms with Crippen LogP contribution in [0.1, 0.15) is 12.0 Å². The quantitative estimate of drug-likeness (QED) is 0.748. The smallest absolute Gasteiger partial charge is 0.265 e. The summed E-state index contributed by atoms with van der Waals surface area (Å²) >= 11 is 5.82. The van der Waals surface area contributed by atoms with Gasteiger partial charge in [0.1, 0.15) is 5.82 Å². The molecule has 0 saturated carbocycles. The molecular formula is C10H12ClF2N3. The van der Waals surface area contributed by atoms with Gasteiger partial charge >= 0.3 is 0 Å². The van der Waals surface area contributed by atoms with Gasteiger partial charge in [-0.2, -0.15) is 0 Å². The molecule has 1 fully saturated rings. The van der Waals surface area contributed by atoms with Crippen molar-refractivity contribution < 1.29 is 8.78 Å². The van der Waals surface area contributed by atoms with Gasteiger partial charge in [-0.15, -0.1) is 0 Å². The lowest BCUT2D eigenvalue weighted by atomic mass is 10.2. The van der Waals surface area contributed by atoms with E-state index in [0.29, 0.717) is 0 Å². The fourth-order valence-corrected chi connectivity index (χ4v) is 1.78. The molecule has 1 saturated heterocycles. The Bertz CT molecular complexity index is 336. The number of hydrogen-bond acceptors (Lipinski definition) is 3. The van der Waals surface area contributed by atoms with Crippen LogP contribution in [0.25, 0.3) is 0 Å². The van der Waals surface area contributed by atoms with Crippen molar-refractivity contribution in [3.63, 3.8) is 0 Å². The molecule has 0 spiro atoms. The minimum Gasteiger partial charge on any atom is -0.354 e. The third-order valence-corrected chi connectivity index (χ3v) is 2.91. The van der Waals surface area contributed by atoms with Crippen LogP contribution >= 0.6 is 11.8 Å². The molecule has 0 radical (unpaired) electrons. The highest BCUT2D eigenvalue weighted by molar-refractivity contribution is 6.13. The summed E-state index contributed by atoms with van der Waals surface area (Å²) in [7, 11) is 0. The number of alkyl halides is 2. The third kappa shape index (κ3) is 2.59. The summed E-state index contributed by atoms with van der Waals surface area (Å²) in [6.45, 7) is 3.04. The summed E-state index contributed by atoms with van der Waals surface area (Å²) in [5.74, 6) is 0.731. The van der Waals surface area contributed by atoms with E-state index in [4.69, 9.17) is 11.8 Å². The van der Waals surface area contributed by atoms with Crippen molar-refractivity contribution in [3.05, 3.63) is 23.9 Å². The molecule has 0 N–H and O–H groups in total. The fraction of sp³-hybridized carbons (Fsp3) is 0.500. The molecule has 0 aliphatic carbocycles. The maximum absolute atomic E-state index is 12.3. The number of halogens is 3. The van der Waals surface area contributed by atoms with Crippen LogP contribution in [-0.4, -0.2) is 35.6 Å². The van der Waals surface area contributed by atoms with Gasteiger partial charge in [-0.3, -0.25) is 0 Å². The maximum Gasteiger partial charge on any atom is 0.265 e. The number of anilines is 1. The van der Waals surface area contributed by atoms with E-state index in [1.807, 2.05) is 4.90 Å². The average molecular weight is 248 g/mol. The van der Waals surface area contributed by atoms with Gasteiger partial charge in [0.2, 0.25) is 0 Å². The predicted molar refractivity (Wildman–Crippen MR) is 58.8 cm³/mol. The van der Waals surface area contributed by atoms with E-state index in [1.54, 1.807) is 10.5 Å². The van der Waals surface area contributed by atoms with Crippen LogP contribution in [0.2, 0.25) is 0 Å². The Morgan fingerprint density at radius 1 is 1.19 bits per heavy atom. The molecule has 16 heavy (non-hydrogen) atoms. The summed E-state index contributed by atoms with van der Waals surface area (Å²) in [6.07, 6.45) is -1.23. The van der Waals surface area contributed by atoms with E-state index >= 15 is 0 Å². The normalized spacial score (nSPS) is 18.1. The zero-order chi connectivity index (χ0) is 11.5. The largest absolute Gasteiger partial charge is 0.354 e. The van der Waals surface area contributed by atoms with Crippen molar-refractivity contribution in [2.45, 2.75) is 6.43 Å². The van der Waals surface area contributed by atoms with Crippen LogP contribution in [0.4, 0.5) is 14.6 Å². The third-order valence-electron chi connectivity index (χ3n) is 2.57. The molecule has 3 nitrogen and oxygen atoms in total. The van der Waals surface area contributed by atoms with E-state index in [1.165, 1.54) is 12.3 Å². The van der Waals surface area contributed by atoms with Gasteiger partial charge in [0.15, 0.2) is 0 Å². The van der Waals surface area contributed by atoms with Crippen LogP contribution in [0.15, 0.2) is 18.3 Å². The Hall–Kier alpha value is -0.940. The van der Waals surface area contributed by atoms with Crippen molar-refractivity contribution in [2.24, 2.45) is 0 Å². The molecule has 2 rings (SSSR count). The highest BCUT2D eigenvalue weighted by atomic mass is 35.5. The van der Waals surface area contributed by atoms with Crippen LogP contribution in [-0.2, 0) is 0 Å². The van der Waals surface area contributed by atoms with E-state index in [-0.39, 0.29) is 5.56 Å². The summed E-state index contributed by atoms with van der Waals surface area (Å²) in [5.41, 5.74) is -0.0419. The van der Waals surface area contributed by atoms with Gasteiger partial charge in [0.05, 0.1) is 0 Å². The Balaban J connectivity index is 2.04. The molecule has 1 aliphatic heterocycles. The zero-order valence-electron chi connectivity index (χ0n) is 8.61. The number of pyridine rings is 1. The summed E-state index contributed by atoms with van der Waals surface area (Å²) in [6, 6.07) is 3.05. The van der Waals surface area contributed by atoms with Gasteiger partial charge in [0, 0.05) is 37.9 Å². The van der Waals surface area contributed by atoms with Crippen molar-refractivity contribution >= 4 is 17.6 Å². The second-order valence-corrected chi connectivity index (χ2v) is 4.13. The van der Waals surface area contributed by atoms with Gasteiger partial charge < -0.3 is 4.90 Å². The first kappa shape index (κ1) is 11.5. The lowest BCUT2D eigenvalue weighted by Crippen LogP contribution is -2.42. The Kier molecular flexibility index (Phi) is 3.56. The lowest BCUT2D eigenvalue weighted by molar-refractivity contribution is 0.151. The monoisotopic (exact) mass is 247 g/mol. The Morgan fingerprint density at radius 3 is 2.38 bits per heavy atom. The second kappa shape index (κ2) is 4.93. The minimum atomic E-state index is -2.46. The van der Waals surface area contributed by atoms with Crippen molar-refractivity contribution in [1.29, 1.82) is 0 Å². The first-order chi connectivity index (χ1) is 7.66. The molecule has 0 amide bonds. The van der Waals surface area contributed by atoms with Crippen molar-refractivity contribution in [1.82, 2.24) is 9.40 Å². The maximum atomic E-state index is 12.3. The predicted octanol–water partition coefficient (Wildman–Crippen LogP) is 2.29. The Labute approximate surface area is 97.7 Å². The summed E-state index contributed by atoms with van der Waals surface area (Å²) in [5, 5.41) is 0. The average Bonchev–Trinajstić information content (AvgIpc) is 2.30.